The molecule has 0 fully saturated rings. The predicted octanol–water partition coefficient (Wildman–Crippen LogP) is 2.22. The number of carbonyl (C=O) groups excluding carboxylic acids is 1. The Bertz CT molecular complexity index is 711. The molecule has 0 aliphatic carbocycles. The van der Waals surface area contributed by atoms with Crippen molar-refractivity contribution in [3.05, 3.63) is 71.0 Å². The molecule has 4 N–H and O–H groups in total. The molecule has 5 nitrogen and oxygen atoms in total. The van der Waals surface area contributed by atoms with Crippen LogP contribution in [0.3, 0.4) is 0 Å². The van der Waals surface area contributed by atoms with Crippen LogP contribution in [-0.4, -0.2) is 25.0 Å². The number of halogens is 1. The number of primary amides is 1. The third-order valence-electron chi connectivity index (χ3n) is 3.62. The molecule has 132 valence electrons. The van der Waals surface area contributed by atoms with Crippen LogP contribution in [0, 0.1) is 5.82 Å². The molecule has 2 aromatic rings. The van der Waals surface area contributed by atoms with E-state index in [0.29, 0.717) is 24.6 Å². The first kappa shape index (κ1) is 18.4. The van der Waals surface area contributed by atoms with Gasteiger partial charge in [0, 0.05) is 18.7 Å². The molecule has 0 atom stereocenters. The Morgan fingerprint density at radius 2 is 1.68 bits per heavy atom. The standard InChI is InChI=1S/C19H23FN4O/c1-2-22-19(23-12-11-14-5-9-17(20)10-6-14)24-13-15-3-7-16(8-4-15)18(21)25/h3-10H,2,11-13H2,1H3,(H2,21,25)(H2,22,23,24). The van der Waals surface area contributed by atoms with Gasteiger partial charge in [0.25, 0.3) is 0 Å². The smallest absolute Gasteiger partial charge is 0.248 e. The van der Waals surface area contributed by atoms with Crippen molar-refractivity contribution in [2.75, 3.05) is 13.1 Å². The Labute approximate surface area is 147 Å². The highest BCUT2D eigenvalue weighted by Gasteiger charge is 2.01. The summed E-state index contributed by atoms with van der Waals surface area (Å²) in [4.78, 5) is 15.6. The predicted molar refractivity (Wildman–Crippen MR) is 97.9 cm³/mol. The fourth-order valence-electron chi connectivity index (χ4n) is 2.26. The molecule has 6 heteroatoms. The first-order valence-corrected chi connectivity index (χ1v) is 8.24. The summed E-state index contributed by atoms with van der Waals surface area (Å²) < 4.78 is 12.9. The van der Waals surface area contributed by atoms with E-state index in [1.165, 1.54) is 12.1 Å². The minimum atomic E-state index is -0.439. The Morgan fingerprint density at radius 3 is 2.28 bits per heavy atom. The molecule has 2 rings (SSSR count). The van der Waals surface area contributed by atoms with Crippen LogP contribution in [0.15, 0.2) is 53.5 Å². The summed E-state index contributed by atoms with van der Waals surface area (Å²) in [7, 11) is 0. The summed E-state index contributed by atoms with van der Waals surface area (Å²) in [6.45, 7) is 3.94. The van der Waals surface area contributed by atoms with Crippen molar-refractivity contribution in [1.29, 1.82) is 0 Å². The number of carbonyl (C=O) groups is 1. The molecule has 25 heavy (non-hydrogen) atoms. The highest BCUT2D eigenvalue weighted by molar-refractivity contribution is 5.92. The molecule has 1 amide bonds. The summed E-state index contributed by atoms with van der Waals surface area (Å²) in [6, 6.07) is 13.6. The van der Waals surface area contributed by atoms with Crippen LogP contribution < -0.4 is 16.4 Å². The van der Waals surface area contributed by atoms with E-state index in [4.69, 9.17) is 5.73 Å². The van der Waals surface area contributed by atoms with E-state index in [1.54, 1.807) is 24.3 Å². The van der Waals surface area contributed by atoms with Crippen LogP contribution in [0.25, 0.3) is 0 Å². The van der Waals surface area contributed by atoms with Gasteiger partial charge in [0.05, 0.1) is 6.54 Å². The lowest BCUT2D eigenvalue weighted by molar-refractivity contribution is 0.100. The Morgan fingerprint density at radius 1 is 1.04 bits per heavy atom. The maximum absolute atomic E-state index is 12.9. The van der Waals surface area contributed by atoms with Crippen molar-refractivity contribution in [2.24, 2.45) is 10.7 Å². The lowest BCUT2D eigenvalue weighted by Gasteiger charge is -2.11. The van der Waals surface area contributed by atoms with Crippen molar-refractivity contribution in [3.63, 3.8) is 0 Å². The van der Waals surface area contributed by atoms with E-state index in [2.05, 4.69) is 15.6 Å². The number of benzene rings is 2. The van der Waals surface area contributed by atoms with E-state index in [9.17, 15) is 9.18 Å². The van der Waals surface area contributed by atoms with Gasteiger partial charge in [-0.15, -0.1) is 0 Å². The van der Waals surface area contributed by atoms with Gasteiger partial charge in [-0.2, -0.15) is 0 Å². The number of hydrogen-bond acceptors (Lipinski definition) is 2. The zero-order valence-corrected chi connectivity index (χ0v) is 14.3. The molecule has 0 heterocycles. The Kier molecular flexibility index (Phi) is 6.95. The second-order valence-electron chi connectivity index (χ2n) is 5.56. The minimum Gasteiger partial charge on any atom is -0.366 e. The summed E-state index contributed by atoms with van der Waals surface area (Å²) in [5.74, 6) is 0.0448. The molecule has 0 radical (unpaired) electrons. The van der Waals surface area contributed by atoms with E-state index in [-0.39, 0.29) is 5.82 Å². The van der Waals surface area contributed by atoms with Crippen LogP contribution in [0.4, 0.5) is 4.39 Å². The van der Waals surface area contributed by atoms with Crippen LogP contribution in [-0.2, 0) is 13.0 Å². The van der Waals surface area contributed by atoms with Gasteiger partial charge >= 0.3 is 0 Å². The Balaban J connectivity index is 1.88. The first-order chi connectivity index (χ1) is 12.1. The number of rotatable bonds is 7. The van der Waals surface area contributed by atoms with Crippen LogP contribution in [0.5, 0.6) is 0 Å². The first-order valence-electron chi connectivity index (χ1n) is 8.24. The van der Waals surface area contributed by atoms with Crippen LogP contribution >= 0.6 is 0 Å². The highest BCUT2D eigenvalue weighted by Crippen LogP contribution is 2.05. The van der Waals surface area contributed by atoms with Gasteiger partial charge in [0.1, 0.15) is 5.82 Å². The van der Waals surface area contributed by atoms with Crippen molar-refractivity contribution >= 4 is 11.9 Å². The van der Waals surface area contributed by atoms with E-state index < -0.39 is 5.91 Å². The number of guanidine groups is 1. The van der Waals surface area contributed by atoms with Gasteiger partial charge in [0.2, 0.25) is 5.91 Å². The van der Waals surface area contributed by atoms with Gasteiger partial charge in [-0.1, -0.05) is 24.3 Å². The largest absolute Gasteiger partial charge is 0.366 e. The van der Waals surface area contributed by atoms with Crippen molar-refractivity contribution < 1.29 is 9.18 Å². The number of nitrogens with zero attached hydrogens (tertiary/aromatic N) is 1. The normalized spacial score (nSPS) is 11.2. The van der Waals surface area contributed by atoms with Gasteiger partial charge in [-0.25, -0.2) is 9.38 Å². The third-order valence-corrected chi connectivity index (χ3v) is 3.62. The van der Waals surface area contributed by atoms with Gasteiger partial charge < -0.3 is 16.4 Å². The molecular formula is C19H23FN4O. The molecule has 0 bridgehead atoms. The van der Waals surface area contributed by atoms with E-state index >= 15 is 0 Å². The van der Waals surface area contributed by atoms with Gasteiger partial charge in [-0.3, -0.25) is 4.79 Å². The fraction of sp³-hybridized carbons (Fsp3) is 0.263. The molecule has 2 aromatic carbocycles. The van der Waals surface area contributed by atoms with Crippen molar-refractivity contribution in [2.45, 2.75) is 19.9 Å². The average molecular weight is 342 g/mol. The summed E-state index contributed by atoms with van der Waals surface area (Å²) in [5, 5.41) is 6.44. The second kappa shape index (κ2) is 9.42. The average Bonchev–Trinajstić information content (AvgIpc) is 2.61. The third kappa shape index (κ3) is 6.25. The molecule has 0 aliphatic heterocycles. The summed E-state index contributed by atoms with van der Waals surface area (Å²) >= 11 is 0. The molecule has 0 spiro atoms. The number of hydrogen-bond donors (Lipinski definition) is 3. The monoisotopic (exact) mass is 342 g/mol. The molecule has 0 unspecified atom stereocenters. The zero-order chi connectivity index (χ0) is 18.1. The Hall–Kier alpha value is -2.89. The molecule has 0 aromatic heterocycles. The van der Waals surface area contributed by atoms with Crippen molar-refractivity contribution in [3.8, 4) is 0 Å². The number of aliphatic imine (C=N–C) groups is 1. The fourth-order valence-corrected chi connectivity index (χ4v) is 2.26. The molecule has 0 aliphatic rings. The summed E-state index contributed by atoms with van der Waals surface area (Å²) in [6.07, 6.45) is 0.776. The summed E-state index contributed by atoms with van der Waals surface area (Å²) in [5.41, 5.74) is 7.76. The van der Waals surface area contributed by atoms with Crippen LogP contribution in [0.1, 0.15) is 28.4 Å². The van der Waals surface area contributed by atoms with Crippen molar-refractivity contribution in [1.82, 2.24) is 10.6 Å². The van der Waals surface area contributed by atoms with E-state index in [0.717, 1.165) is 24.1 Å². The van der Waals surface area contributed by atoms with Gasteiger partial charge in [-0.05, 0) is 48.7 Å². The minimum absolute atomic E-state index is 0.228. The lowest BCUT2D eigenvalue weighted by atomic mass is 10.1. The lowest BCUT2D eigenvalue weighted by Crippen LogP contribution is -2.38. The molecule has 0 saturated carbocycles. The second-order valence-corrected chi connectivity index (χ2v) is 5.56. The number of nitrogens with two attached hydrogens (primary N) is 1. The van der Waals surface area contributed by atoms with Gasteiger partial charge in [0.15, 0.2) is 5.96 Å². The highest BCUT2D eigenvalue weighted by atomic mass is 19.1. The topological polar surface area (TPSA) is 79.5 Å². The van der Waals surface area contributed by atoms with Crippen LogP contribution in [0.2, 0.25) is 0 Å². The zero-order valence-electron chi connectivity index (χ0n) is 14.3. The molecular weight excluding hydrogens is 319 g/mol. The number of amides is 1. The number of nitrogens with one attached hydrogen (secondary N) is 2. The maximum atomic E-state index is 12.9. The molecule has 0 saturated heterocycles. The quantitative estimate of drug-likeness (QED) is 0.533. The SMILES string of the molecule is CCNC(=NCc1ccc(C(N)=O)cc1)NCCc1ccc(F)cc1. The maximum Gasteiger partial charge on any atom is 0.248 e. The van der Waals surface area contributed by atoms with E-state index in [1.807, 2.05) is 19.1 Å².